The molecule has 2 aromatic carbocycles. The minimum atomic E-state index is 0.0290. The molecule has 4 rings (SSSR count). The summed E-state index contributed by atoms with van der Waals surface area (Å²) in [7, 11) is 1.84. The first-order chi connectivity index (χ1) is 16.0. The molecule has 1 fully saturated rings. The van der Waals surface area contributed by atoms with E-state index in [1.807, 2.05) is 61.6 Å². The molecule has 0 radical (unpaired) electrons. The van der Waals surface area contributed by atoms with Crippen molar-refractivity contribution in [3.05, 3.63) is 83.0 Å². The van der Waals surface area contributed by atoms with Crippen molar-refractivity contribution in [1.29, 1.82) is 0 Å². The summed E-state index contributed by atoms with van der Waals surface area (Å²) >= 11 is 1.66. The molecule has 1 aromatic heterocycles. The highest BCUT2D eigenvalue weighted by Gasteiger charge is 2.17. The summed E-state index contributed by atoms with van der Waals surface area (Å²) in [5, 5.41) is 0.825. The third-order valence-corrected chi connectivity index (χ3v) is 6.83. The highest BCUT2D eigenvalue weighted by molar-refractivity contribution is 7.98. The number of thioether (sulfide) groups is 1. The van der Waals surface area contributed by atoms with Gasteiger partial charge in [-0.1, -0.05) is 68.1 Å². The van der Waals surface area contributed by atoms with Crippen molar-refractivity contribution in [2.45, 2.75) is 50.1 Å². The Bertz CT molecular complexity index is 1060. The zero-order chi connectivity index (χ0) is 23.2. The molecule has 0 N–H and O–H groups in total. The maximum atomic E-state index is 12.8. The summed E-state index contributed by atoms with van der Waals surface area (Å²) in [5.74, 6) is 2.22. The Balaban J connectivity index is 1.39. The van der Waals surface area contributed by atoms with E-state index in [0.717, 1.165) is 46.6 Å². The second-order valence-electron chi connectivity index (χ2n) is 8.91. The highest BCUT2D eigenvalue weighted by Crippen LogP contribution is 2.27. The maximum Gasteiger partial charge on any atom is 0.253 e. The zero-order valence-corrected chi connectivity index (χ0v) is 20.5. The summed E-state index contributed by atoms with van der Waals surface area (Å²) < 4.78 is 0. The smallest absolute Gasteiger partial charge is 0.253 e. The number of aromatic nitrogens is 2. The fraction of sp³-hybridized carbons (Fsp3) is 0.370. The Hall–Kier alpha value is -2.86. The van der Waals surface area contributed by atoms with Crippen molar-refractivity contribution >= 4 is 23.5 Å². The van der Waals surface area contributed by atoms with Crippen LogP contribution in [-0.2, 0) is 12.3 Å². The van der Waals surface area contributed by atoms with Crippen LogP contribution in [0.5, 0.6) is 0 Å². The Morgan fingerprint density at radius 1 is 1.00 bits per heavy atom. The first-order valence-electron chi connectivity index (χ1n) is 11.6. The van der Waals surface area contributed by atoms with Gasteiger partial charge in [0, 0.05) is 49.8 Å². The lowest BCUT2D eigenvalue weighted by Crippen LogP contribution is -2.26. The van der Waals surface area contributed by atoms with Crippen LogP contribution in [0.1, 0.15) is 59.8 Å². The molecule has 2 heterocycles. The van der Waals surface area contributed by atoms with Gasteiger partial charge in [0.2, 0.25) is 0 Å². The van der Waals surface area contributed by atoms with Gasteiger partial charge in [-0.2, -0.15) is 0 Å². The van der Waals surface area contributed by atoms with Crippen molar-refractivity contribution in [3.8, 4) is 0 Å². The van der Waals surface area contributed by atoms with Gasteiger partial charge in [0.1, 0.15) is 5.82 Å². The van der Waals surface area contributed by atoms with E-state index in [1.54, 1.807) is 16.7 Å². The first kappa shape index (κ1) is 23.3. The molecule has 1 saturated heterocycles. The average molecular weight is 461 g/mol. The zero-order valence-electron chi connectivity index (χ0n) is 19.7. The number of amides is 1. The summed E-state index contributed by atoms with van der Waals surface area (Å²) in [5.41, 5.74) is 4.08. The maximum absolute atomic E-state index is 12.8. The summed E-state index contributed by atoms with van der Waals surface area (Å²) in [4.78, 5) is 26.6. The quantitative estimate of drug-likeness (QED) is 0.316. The summed E-state index contributed by atoms with van der Waals surface area (Å²) in [6.45, 7) is 7.10. The normalized spacial score (nSPS) is 13.5. The molecule has 0 atom stereocenters. The number of hydrogen-bond donors (Lipinski definition) is 0. The number of carbonyl (C=O) groups excluding carboxylic acids is 1. The number of anilines is 1. The van der Waals surface area contributed by atoms with Gasteiger partial charge in [-0.05, 0) is 42.0 Å². The van der Waals surface area contributed by atoms with Crippen molar-refractivity contribution in [2.24, 2.45) is 0 Å². The van der Waals surface area contributed by atoms with Crippen LogP contribution in [0, 0.1) is 0 Å². The lowest BCUT2D eigenvalue weighted by molar-refractivity contribution is 0.0785. The highest BCUT2D eigenvalue weighted by atomic mass is 32.2. The molecule has 5 nitrogen and oxygen atoms in total. The monoisotopic (exact) mass is 460 g/mol. The van der Waals surface area contributed by atoms with Crippen molar-refractivity contribution in [3.63, 3.8) is 0 Å². The predicted molar refractivity (Wildman–Crippen MR) is 136 cm³/mol. The minimum Gasteiger partial charge on any atom is -0.356 e. The van der Waals surface area contributed by atoms with Crippen LogP contribution in [-0.4, -0.2) is 40.9 Å². The van der Waals surface area contributed by atoms with E-state index in [4.69, 9.17) is 9.97 Å². The molecule has 0 spiro atoms. The molecule has 33 heavy (non-hydrogen) atoms. The molecule has 1 aliphatic heterocycles. The van der Waals surface area contributed by atoms with E-state index in [1.165, 1.54) is 12.8 Å². The fourth-order valence-electron chi connectivity index (χ4n) is 3.94. The molecule has 0 unspecified atom stereocenters. The van der Waals surface area contributed by atoms with Gasteiger partial charge in [0.15, 0.2) is 5.16 Å². The lowest BCUT2D eigenvalue weighted by atomic mass is 10.1. The average Bonchev–Trinajstić information content (AvgIpc) is 3.38. The molecule has 0 aliphatic carbocycles. The van der Waals surface area contributed by atoms with Gasteiger partial charge in [0.05, 0.1) is 0 Å². The van der Waals surface area contributed by atoms with Crippen LogP contribution in [0.15, 0.2) is 65.8 Å². The second kappa shape index (κ2) is 10.8. The van der Waals surface area contributed by atoms with Crippen molar-refractivity contribution < 1.29 is 4.79 Å². The van der Waals surface area contributed by atoms with Gasteiger partial charge in [0.25, 0.3) is 5.91 Å². The first-order valence-corrected chi connectivity index (χ1v) is 12.6. The Labute approximate surface area is 201 Å². The van der Waals surface area contributed by atoms with Crippen molar-refractivity contribution in [1.82, 2.24) is 14.9 Å². The van der Waals surface area contributed by atoms with Crippen molar-refractivity contribution in [2.75, 3.05) is 25.0 Å². The third kappa shape index (κ3) is 6.14. The minimum absolute atomic E-state index is 0.0290. The number of hydrogen-bond acceptors (Lipinski definition) is 5. The Kier molecular flexibility index (Phi) is 7.65. The number of carbonyl (C=O) groups is 1. The number of benzene rings is 2. The van der Waals surface area contributed by atoms with Crippen LogP contribution in [0.25, 0.3) is 0 Å². The Morgan fingerprint density at radius 2 is 1.70 bits per heavy atom. The second-order valence-corrected chi connectivity index (χ2v) is 9.86. The standard InChI is InChI=1S/C27H32N4OS/c1-20(2)24-17-25(31-15-7-8-16-31)29-27(28-24)33-19-22-11-13-23(14-12-22)26(32)30(3)18-21-9-5-4-6-10-21/h4-6,9-14,17,20H,7-8,15-16,18-19H2,1-3H3. The van der Waals surface area contributed by atoms with Gasteiger partial charge in [-0.15, -0.1) is 0 Å². The molecular weight excluding hydrogens is 428 g/mol. The third-order valence-electron chi connectivity index (χ3n) is 5.91. The van der Waals surface area contributed by atoms with Gasteiger partial charge in [-0.3, -0.25) is 4.79 Å². The summed E-state index contributed by atoms with van der Waals surface area (Å²) in [6.07, 6.45) is 2.46. The Morgan fingerprint density at radius 3 is 2.36 bits per heavy atom. The summed E-state index contributed by atoms with van der Waals surface area (Å²) in [6, 6.07) is 20.1. The van der Waals surface area contributed by atoms with Crippen LogP contribution in [0.4, 0.5) is 5.82 Å². The van der Waals surface area contributed by atoms with E-state index < -0.39 is 0 Å². The number of nitrogens with zero attached hydrogens (tertiary/aromatic N) is 4. The molecule has 6 heteroatoms. The molecule has 0 bridgehead atoms. The molecular formula is C27H32N4OS. The van der Waals surface area contributed by atoms with E-state index in [-0.39, 0.29) is 5.91 Å². The SMILES string of the molecule is CC(C)c1cc(N2CCCC2)nc(SCc2ccc(C(=O)N(C)Cc3ccccc3)cc2)n1. The topological polar surface area (TPSA) is 49.3 Å². The van der Waals surface area contributed by atoms with E-state index in [9.17, 15) is 4.79 Å². The molecule has 3 aromatic rings. The van der Waals surface area contributed by atoms with Crippen LogP contribution >= 0.6 is 11.8 Å². The van der Waals surface area contributed by atoms with Gasteiger partial charge >= 0.3 is 0 Å². The van der Waals surface area contributed by atoms with E-state index >= 15 is 0 Å². The molecule has 172 valence electrons. The molecule has 1 amide bonds. The predicted octanol–water partition coefficient (Wildman–Crippen LogP) is 5.76. The van der Waals surface area contributed by atoms with Crippen LogP contribution in [0.3, 0.4) is 0 Å². The largest absolute Gasteiger partial charge is 0.356 e. The number of rotatable bonds is 8. The molecule has 1 aliphatic rings. The van der Waals surface area contributed by atoms with Crippen LogP contribution in [0.2, 0.25) is 0 Å². The van der Waals surface area contributed by atoms with E-state index in [0.29, 0.717) is 18.0 Å². The van der Waals surface area contributed by atoms with Gasteiger partial charge in [-0.25, -0.2) is 9.97 Å². The fourth-order valence-corrected chi connectivity index (χ4v) is 4.76. The van der Waals surface area contributed by atoms with Gasteiger partial charge < -0.3 is 9.80 Å². The lowest BCUT2D eigenvalue weighted by Gasteiger charge is -2.19. The van der Waals surface area contributed by atoms with Crippen LogP contribution < -0.4 is 4.90 Å². The molecule has 0 saturated carbocycles. The van der Waals surface area contributed by atoms with E-state index in [2.05, 4.69) is 24.8 Å².